The number of Topliss-reactive ketones (excluding diaryl/α,β-unsaturated/α-hetero) is 1. The van der Waals surface area contributed by atoms with Gasteiger partial charge in [-0.05, 0) is 29.4 Å². The molecule has 0 fully saturated rings. The molecule has 22 heavy (non-hydrogen) atoms. The van der Waals surface area contributed by atoms with Crippen molar-refractivity contribution in [3.05, 3.63) is 29.8 Å². The van der Waals surface area contributed by atoms with Crippen molar-refractivity contribution >= 4 is 17.5 Å². The van der Waals surface area contributed by atoms with Crippen molar-refractivity contribution in [3.8, 4) is 5.75 Å². The summed E-state index contributed by atoms with van der Waals surface area (Å²) in [5.74, 6) is 2.78. The highest BCUT2D eigenvalue weighted by Crippen LogP contribution is 2.35. The van der Waals surface area contributed by atoms with Crippen LogP contribution in [-0.4, -0.2) is 29.9 Å². The molecular formula is C18H28O3S. The van der Waals surface area contributed by atoms with Gasteiger partial charge in [0, 0.05) is 17.6 Å². The second-order valence-corrected chi connectivity index (χ2v) is 7.42. The highest BCUT2D eigenvalue weighted by molar-refractivity contribution is 7.99. The number of ketones is 1. The van der Waals surface area contributed by atoms with E-state index in [1.54, 1.807) is 0 Å². The fourth-order valence-corrected chi connectivity index (χ4v) is 3.19. The lowest BCUT2D eigenvalue weighted by Gasteiger charge is -2.19. The van der Waals surface area contributed by atoms with Crippen molar-refractivity contribution in [2.24, 2.45) is 11.8 Å². The van der Waals surface area contributed by atoms with Crippen molar-refractivity contribution in [2.75, 3.05) is 19.0 Å². The Balaban J connectivity index is 2.78. The van der Waals surface area contributed by atoms with Crippen LogP contribution in [-0.2, 0) is 4.79 Å². The first-order chi connectivity index (χ1) is 10.4. The molecule has 0 saturated heterocycles. The van der Waals surface area contributed by atoms with Gasteiger partial charge in [-0.25, -0.2) is 0 Å². The first-order valence-electron chi connectivity index (χ1n) is 7.92. The van der Waals surface area contributed by atoms with Crippen LogP contribution < -0.4 is 4.74 Å². The Bertz CT molecular complexity index is 440. The summed E-state index contributed by atoms with van der Waals surface area (Å²) in [5, 5.41) is 8.98. The number of ether oxygens (including phenoxy) is 1. The van der Waals surface area contributed by atoms with Crippen LogP contribution >= 0.6 is 11.8 Å². The van der Waals surface area contributed by atoms with E-state index in [0.717, 1.165) is 17.1 Å². The quantitative estimate of drug-likeness (QED) is 0.704. The summed E-state index contributed by atoms with van der Waals surface area (Å²) in [6.45, 7) is 8.62. The molecule has 3 nitrogen and oxygen atoms in total. The molecule has 1 unspecified atom stereocenters. The number of rotatable bonds is 10. The lowest BCUT2D eigenvalue weighted by Crippen LogP contribution is -2.12. The van der Waals surface area contributed by atoms with Crippen LogP contribution in [0.2, 0.25) is 0 Å². The van der Waals surface area contributed by atoms with Gasteiger partial charge in [0.15, 0.2) is 0 Å². The first-order valence-corrected chi connectivity index (χ1v) is 8.96. The van der Waals surface area contributed by atoms with Crippen molar-refractivity contribution < 1.29 is 14.6 Å². The summed E-state index contributed by atoms with van der Waals surface area (Å²) in [7, 11) is 0. The van der Waals surface area contributed by atoms with Crippen LogP contribution in [0.1, 0.15) is 44.9 Å². The highest BCUT2D eigenvalue weighted by atomic mass is 32.2. The topological polar surface area (TPSA) is 46.5 Å². The minimum atomic E-state index is 0.0114. The van der Waals surface area contributed by atoms with Crippen molar-refractivity contribution in [1.29, 1.82) is 0 Å². The Labute approximate surface area is 138 Å². The summed E-state index contributed by atoms with van der Waals surface area (Å²) in [4.78, 5) is 12.1. The molecule has 0 bridgehead atoms. The van der Waals surface area contributed by atoms with Crippen LogP contribution in [0.3, 0.4) is 0 Å². The Kier molecular flexibility index (Phi) is 8.57. The molecule has 0 radical (unpaired) electrons. The van der Waals surface area contributed by atoms with Gasteiger partial charge in [0.25, 0.3) is 0 Å². The maximum atomic E-state index is 12.1. The molecule has 0 aliphatic carbocycles. The summed E-state index contributed by atoms with van der Waals surface area (Å²) in [6.07, 6.45) is 0.575. The minimum absolute atomic E-state index is 0.0114. The van der Waals surface area contributed by atoms with E-state index in [9.17, 15) is 4.79 Å². The molecule has 0 aliphatic rings. The second kappa shape index (κ2) is 9.90. The van der Waals surface area contributed by atoms with Gasteiger partial charge in [-0.15, -0.1) is 0 Å². The number of benzene rings is 1. The van der Waals surface area contributed by atoms with E-state index < -0.39 is 0 Å². The van der Waals surface area contributed by atoms with E-state index in [1.807, 2.05) is 49.9 Å². The zero-order chi connectivity index (χ0) is 16.5. The van der Waals surface area contributed by atoms with Gasteiger partial charge in [-0.2, -0.15) is 11.8 Å². The number of aliphatic hydroxyl groups is 1. The van der Waals surface area contributed by atoms with E-state index in [2.05, 4.69) is 13.8 Å². The van der Waals surface area contributed by atoms with Gasteiger partial charge in [0.2, 0.25) is 0 Å². The number of thioether (sulfide) groups is 1. The van der Waals surface area contributed by atoms with Crippen LogP contribution in [0.25, 0.3) is 0 Å². The summed E-state index contributed by atoms with van der Waals surface area (Å²) in [5.41, 5.74) is 1.16. The lowest BCUT2D eigenvalue weighted by molar-refractivity contribution is -0.121. The van der Waals surface area contributed by atoms with Gasteiger partial charge < -0.3 is 9.84 Å². The summed E-state index contributed by atoms with van der Waals surface area (Å²) < 4.78 is 5.38. The van der Waals surface area contributed by atoms with Gasteiger partial charge in [0.05, 0.1) is 6.61 Å². The van der Waals surface area contributed by atoms with Crippen molar-refractivity contribution in [1.82, 2.24) is 0 Å². The smallest absolute Gasteiger partial charge is 0.136 e. The molecule has 0 spiro atoms. The third kappa shape index (κ3) is 6.84. The molecule has 124 valence electrons. The molecule has 0 saturated carbocycles. The average Bonchev–Trinajstić information content (AvgIpc) is 2.49. The standard InChI is InChI=1S/C18H28O3S/c1-13(2)12-22-18(11-17(20)14(3)4)15-5-7-16(8-6-15)21-10-9-19/h5-8,13-14,18-19H,9-12H2,1-4H3. The minimum Gasteiger partial charge on any atom is -0.491 e. The highest BCUT2D eigenvalue weighted by Gasteiger charge is 2.19. The molecule has 0 heterocycles. The molecule has 1 aromatic rings. The number of hydrogen-bond donors (Lipinski definition) is 1. The van der Waals surface area contributed by atoms with Gasteiger partial charge in [0.1, 0.15) is 18.1 Å². The monoisotopic (exact) mass is 324 g/mol. The molecule has 0 amide bonds. The zero-order valence-electron chi connectivity index (χ0n) is 14.0. The predicted molar refractivity (Wildman–Crippen MR) is 93.5 cm³/mol. The summed E-state index contributed by atoms with van der Waals surface area (Å²) >= 11 is 1.85. The molecular weight excluding hydrogens is 296 g/mol. The number of carbonyl (C=O) groups is 1. The molecule has 1 N–H and O–H groups in total. The normalized spacial score (nSPS) is 12.7. The van der Waals surface area contributed by atoms with Crippen LogP contribution in [0, 0.1) is 11.8 Å². The Hall–Kier alpha value is -1.00. The second-order valence-electron chi connectivity index (χ2n) is 6.18. The van der Waals surface area contributed by atoms with E-state index in [1.165, 1.54) is 0 Å². The Morgan fingerprint density at radius 3 is 2.32 bits per heavy atom. The largest absolute Gasteiger partial charge is 0.491 e. The summed E-state index contributed by atoms with van der Waals surface area (Å²) in [6, 6.07) is 7.87. The molecule has 1 atom stereocenters. The van der Waals surface area contributed by atoms with Gasteiger partial charge in [-0.3, -0.25) is 4.79 Å². The SMILES string of the molecule is CC(C)CSC(CC(=O)C(C)C)c1ccc(OCCO)cc1. The van der Waals surface area contributed by atoms with Crippen LogP contribution in [0.5, 0.6) is 5.75 Å². The van der Waals surface area contributed by atoms with Crippen molar-refractivity contribution in [3.63, 3.8) is 0 Å². The van der Waals surface area contributed by atoms with Crippen molar-refractivity contribution in [2.45, 2.75) is 39.4 Å². The molecule has 0 aliphatic heterocycles. The fraction of sp³-hybridized carbons (Fsp3) is 0.611. The van der Waals surface area contributed by atoms with E-state index in [4.69, 9.17) is 9.84 Å². The average molecular weight is 324 g/mol. The molecule has 4 heteroatoms. The third-order valence-electron chi connectivity index (χ3n) is 3.27. The maximum Gasteiger partial charge on any atom is 0.136 e. The fourth-order valence-electron chi connectivity index (χ4n) is 1.94. The van der Waals surface area contributed by atoms with E-state index in [0.29, 0.717) is 24.7 Å². The number of aliphatic hydroxyl groups excluding tert-OH is 1. The van der Waals surface area contributed by atoms with E-state index in [-0.39, 0.29) is 17.8 Å². The van der Waals surface area contributed by atoms with E-state index >= 15 is 0 Å². The third-order valence-corrected chi connectivity index (χ3v) is 4.97. The molecule has 0 aromatic heterocycles. The lowest BCUT2D eigenvalue weighted by atomic mass is 10.0. The molecule has 1 rings (SSSR count). The Morgan fingerprint density at radius 2 is 1.82 bits per heavy atom. The van der Waals surface area contributed by atoms with Gasteiger partial charge in [-0.1, -0.05) is 39.8 Å². The first kappa shape index (κ1) is 19.0. The zero-order valence-corrected chi connectivity index (χ0v) is 14.9. The van der Waals surface area contributed by atoms with Gasteiger partial charge >= 0.3 is 0 Å². The van der Waals surface area contributed by atoms with Crippen LogP contribution in [0.4, 0.5) is 0 Å². The number of hydrogen-bond acceptors (Lipinski definition) is 4. The van der Waals surface area contributed by atoms with Crippen LogP contribution in [0.15, 0.2) is 24.3 Å². The Morgan fingerprint density at radius 1 is 1.18 bits per heavy atom. The number of carbonyl (C=O) groups excluding carboxylic acids is 1. The predicted octanol–water partition coefficient (Wildman–Crippen LogP) is 4.10. The molecule has 1 aromatic carbocycles. The maximum absolute atomic E-state index is 12.1.